The molecule has 0 aliphatic rings. The Labute approximate surface area is 164 Å². The highest BCUT2D eigenvalue weighted by Crippen LogP contribution is 2.29. The summed E-state index contributed by atoms with van der Waals surface area (Å²) in [6, 6.07) is 11.3. The van der Waals surface area contributed by atoms with Gasteiger partial charge >= 0.3 is 0 Å². The maximum atomic E-state index is 12.9. The van der Waals surface area contributed by atoms with Crippen molar-refractivity contribution in [3.63, 3.8) is 0 Å². The first-order valence-corrected chi connectivity index (χ1v) is 9.11. The fourth-order valence-electron chi connectivity index (χ4n) is 3.08. The summed E-state index contributed by atoms with van der Waals surface area (Å²) in [7, 11) is 3.65. The lowest BCUT2D eigenvalue weighted by molar-refractivity contribution is -0.116. The normalized spacial score (nSPS) is 11.1. The van der Waals surface area contributed by atoms with Crippen molar-refractivity contribution < 1.29 is 14.0 Å². The van der Waals surface area contributed by atoms with E-state index in [4.69, 9.17) is 4.42 Å². The Kier molecular flexibility index (Phi) is 5.51. The molecule has 3 rings (SSSR count). The molecule has 0 unspecified atom stereocenters. The zero-order valence-electron chi connectivity index (χ0n) is 16.8. The second-order valence-corrected chi connectivity index (χ2v) is 7.34. The number of aryl methyl sites for hydroxylation is 3. The van der Waals surface area contributed by atoms with Crippen LogP contribution in [-0.4, -0.2) is 37.4 Å². The van der Waals surface area contributed by atoms with Crippen molar-refractivity contribution in [2.24, 2.45) is 0 Å². The van der Waals surface area contributed by atoms with E-state index in [9.17, 15) is 9.59 Å². The molecule has 0 atom stereocenters. The van der Waals surface area contributed by atoms with Gasteiger partial charge in [0.25, 0.3) is 5.91 Å². The molecule has 0 bridgehead atoms. The third-order valence-electron chi connectivity index (χ3n) is 4.46. The van der Waals surface area contributed by atoms with E-state index >= 15 is 0 Å². The highest BCUT2D eigenvalue weighted by Gasteiger charge is 2.19. The number of hydrogen-bond acceptors (Lipinski definition) is 4. The average molecular weight is 379 g/mol. The highest BCUT2D eigenvalue weighted by atomic mass is 16.3. The van der Waals surface area contributed by atoms with Crippen LogP contribution in [0.3, 0.4) is 0 Å². The van der Waals surface area contributed by atoms with E-state index < -0.39 is 0 Å². The van der Waals surface area contributed by atoms with Gasteiger partial charge in [-0.05, 0) is 64.7 Å². The fourth-order valence-corrected chi connectivity index (χ4v) is 3.08. The Bertz CT molecular complexity index is 1050. The minimum atomic E-state index is -0.347. The Balaban J connectivity index is 1.89. The van der Waals surface area contributed by atoms with Crippen LogP contribution in [0.1, 0.15) is 27.2 Å². The van der Waals surface area contributed by atoms with Crippen molar-refractivity contribution in [1.82, 2.24) is 4.90 Å². The maximum Gasteiger partial charge on any atom is 0.291 e. The fraction of sp³-hybridized carbons (Fsp3) is 0.273. The zero-order chi connectivity index (χ0) is 20.4. The summed E-state index contributed by atoms with van der Waals surface area (Å²) in [5.41, 5.74) is 4.63. The molecule has 2 N–H and O–H groups in total. The third-order valence-corrected chi connectivity index (χ3v) is 4.46. The number of amides is 2. The number of fused-ring (bicyclic) bond motifs is 1. The number of furan rings is 1. The topological polar surface area (TPSA) is 74.6 Å². The molecule has 1 aromatic heterocycles. The lowest BCUT2D eigenvalue weighted by Crippen LogP contribution is -2.27. The van der Waals surface area contributed by atoms with E-state index in [1.54, 1.807) is 11.0 Å². The van der Waals surface area contributed by atoms with Crippen LogP contribution in [-0.2, 0) is 4.79 Å². The third kappa shape index (κ3) is 4.23. The molecule has 2 amide bonds. The van der Waals surface area contributed by atoms with Gasteiger partial charge in [-0.25, -0.2) is 0 Å². The molecular formula is C22H25N3O3. The van der Waals surface area contributed by atoms with Gasteiger partial charge in [-0.15, -0.1) is 0 Å². The summed E-state index contributed by atoms with van der Waals surface area (Å²) in [6.07, 6.45) is 0. The molecule has 0 aliphatic carbocycles. The number of carbonyl (C=O) groups excluding carboxylic acids is 2. The van der Waals surface area contributed by atoms with Crippen LogP contribution in [0.2, 0.25) is 0 Å². The highest BCUT2D eigenvalue weighted by molar-refractivity contribution is 6.09. The Morgan fingerprint density at radius 2 is 1.61 bits per heavy atom. The Hall–Kier alpha value is -3.12. The minimum Gasteiger partial charge on any atom is -0.451 e. The first-order valence-electron chi connectivity index (χ1n) is 9.11. The largest absolute Gasteiger partial charge is 0.451 e. The van der Waals surface area contributed by atoms with Gasteiger partial charge in [0.2, 0.25) is 5.91 Å². The van der Waals surface area contributed by atoms with Gasteiger partial charge in [0.1, 0.15) is 5.58 Å². The van der Waals surface area contributed by atoms with Crippen LogP contribution >= 0.6 is 0 Å². The van der Waals surface area contributed by atoms with Gasteiger partial charge in [0.05, 0.1) is 17.9 Å². The molecule has 0 aliphatic heterocycles. The number of carbonyl (C=O) groups is 2. The van der Waals surface area contributed by atoms with E-state index in [1.807, 2.05) is 65.2 Å². The van der Waals surface area contributed by atoms with Gasteiger partial charge in [0.15, 0.2) is 5.76 Å². The van der Waals surface area contributed by atoms with Gasteiger partial charge in [-0.3, -0.25) is 9.59 Å². The van der Waals surface area contributed by atoms with Crippen molar-refractivity contribution >= 4 is 34.2 Å². The monoisotopic (exact) mass is 379 g/mol. The van der Waals surface area contributed by atoms with Crippen molar-refractivity contribution in [3.8, 4) is 0 Å². The number of nitrogens with zero attached hydrogens (tertiary/aromatic N) is 1. The predicted octanol–water partition coefficient (Wildman–Crippen LogP) is 4.11. The molecule has 6 heteroatoms. The lowest BCUT2D eigenvalue weighted by atomic mass is 10.1. The molecule has 3 aromatic rings. The standard InChI is InChI=1S/C22H25N3O3/c1-13-7-9-19-16(10-13)15(3)21(28-19)22(27)24-18-11-14(2)6-8-17(18)23-20(26)12-25(4)5/h6-11H,12H2,1-5H3,(H,23,26)(H,24,27). The smallest absolute Gasteiger partial charge is 0.291 e. The second kappa shape index (κ2) is 7.86. The van der Waals surface area contributed by atoms with Gasteiger partial charge in [0, 0.05) is 10.9 Å². The number of rotatable bonds is 5. The van der Waals surface area contributed by atoms with Crippen molar-refractivity contribution in [1.29, 1.82) is 0 Å². The van der Waals surface area contributed by atoms with E-state index in [0.29, 0.717) is 17.0 Å². The van der Waals surface area contributed by atoms with E-state index in [1.165, 1.54) is 0 Å². The molecule has 0 saturated heterocycles. The van der Waals surface area contributed by atoms with Crippen LogP contribution in [0.25, 0.3) is 11.0 Å². The van der Waals surface area contributed by atoms with E-state index in [0.717, 1.165) is 22.1 Å². The van der Waals surface area contributed by atoms with Crippen LogP contribution < -0.4 is 10.6 Å². The molecule has 1 heterocycles. The first kappa shape index (κ1) is 19.6. The van der Waals surface area contributed by atoms with Crippen molar-refractivity contribution in [2.45, 2.75) is 20.8 Å². The SMILES string of the molecule is Cc1ccc(NC(=O)CN(C)C)c(NC(=O)c2oc3ccc(C)cc3c2C)c1. The Morgan fingerprint density at radius 3 is 2.32 bits per heavy atom. The predicted molar refractivity (Wildman–Crippen MR) is 112 cm³/mol. The molecule has 28 heavy (non-hydrogen) atoms. The quantitative estimate of drug-likeness (QED) is 0.700. The number of nitrogens with one attached hydrogen (secondary N) is 2. The number of hydrogen-bond donors (Lipinski definition) is 2. The average Bonchev–Trinajstić information content (AvgIpc) is 2.93. The van der Waals surface area contributed by atoms with Crippen LogP contribution in [0.4, 0.5) is 11.4 Å². The van der Waals surface area contributed by atoms with Gasteiger partial charge in [-0.1, -0.05) is 17.7 Å². The van der Waals surface area contributed by atoms with Crippen molar-refractivity contribution in [2.75, 3.05) is 31.3 Å². The summed E-state index contributed by atoms with van der Waals surface area (Å²) in [5.74, 6) is -0.229. The molecular weight excluding hydrogens is 354 g/mol. The number of benzene rings is 2. The van der Waals surface area contributed by atoms with Gasteiger partial charge < -0.3 is 20.0 Å². The van der Waals surface area contributed by atoms with Gasteiger partial charge in [-0.2, -0.15) is 0 Å². The molecule has 0 saturated carbocycles. The van der Waals surface area contributed by atoms with Crippen LogP contribution in [0, 0.1) is 20.8 Å². The summed E-state index contributed by atoms with van der Waals surface area (Å²) < 4.78 is 5.79. The van der Waals surface area contributed by atoms with E-state index in [2.05, 4.69) is 10.6 Å². The van der Waals surface area contributed by atoms with E-state index in [-0.39, 0.29) is 24.1 Å². The summed E-state index contributed by atoms with van der Waals surface area (Å²) in [4.78, 5) is 26.8. The second-order valence-electron chi connectivity index (χ2n) is 7.34. The van der Waals surface area contributed by atoms with Crippen LogP contribution in [0.15, 0.2) is 40.8 Å². The summed E-state index contributed by atoms with van der Waals surface area (Å²) in [6.45, 7) is 6.05. The number of likely N-dealkylation sites (N-methyl/N-ethyl adjacent to an activating group) is 1. The van der Waals surface area contributed by atoms with Crippen molar-refractivity contribution in [3.05, 3.63) is 58.8 Å². The molecule has 0 spiro atoms. The molecule has 0 radical (unpaired) electrons. The number of anilines is 2. The lowest BCUT2D eigenvalue weighted by Gasteiger charge is -2.14. The zero-order valence-corrected chi connectivity index (χ0v) is 16.8. The molecule has 2 aromatic carbocycles. The molecule has 6 nitrogen and oxygen atoms in total. The maximum absolute atomic E-state index is 12.9. The summed E-state index contributed by atoms with van der Waals surface area (Å²) in [5, 5.41) is 6.66. The summed E-state index contributed by atoms with van der Waals surface area (Å²) >= 11 is 0. The molecule has 0 fully saturated rings. The Morgan fingerprint density at radius 1 is 0.929 bits per heavy atom. The minimum absolute atomic E-state index is 0.153. The first-order chi connectivity index (χ1) is 13.2. The van der Waals surface area contributed by atoms with Crippen LogP contribution in [0.5, 0.6) is 0 Å². The molecule has 146 valence electrons.